The van der Waals surface area contributed by atoms with Crippen molar-refractivity contribution in [3.63, 3.8) is 0 Å². The highest BCUT2D eigenvalue weighted by Crippen LogP contribution is 2.18. The van der Waals surface area contributed by atoms with E-state index in [0.29, 0.717) is 5.56 Å². The molecule has 0 saturated heterocycles. The fourth-order valence-corrected chi connectivity index (χ4v) is 3.63. The second kappa shape index (κ2) is 9.17. The number of carbonyl (C=O) groups is 1. The first-order chi connectivity index (χ1) is 10.9. The van der Waals surface area contributed by atoms with Gasteiger partial charge in [0.2, 0.25) is 10.0 Å². The summed E-state index contributed by atoms with van der Waals surface area (Å²) >= 11 is 0. The minimum Gasteiger partial charge on any atom is -0.462 e. The third kappa shape index (κ3) is 5.31. The molecule has 0 fully saturated rings. The van der Waals surface area contributed by atoms with Crippen LogP contribution in [0.15, 0.2) is 34.7 Å². The van der Waals surface area contributed by atoms with Crippen molar-refractivity contribution >= 4 is 28.4 Å². The Hall–Kier alpha value is -1.41. The fourth-order valence-electron chi connectivity index (χ4n) is 2.33. The summed E-state index contributed by atoms with van der Waals surface area (Å²) in [6.07, 6.45) is 2.82. The van der Waals surface area contributed by atoms with Gasteiger partial charge in [-0.2, -0.15) is 0 Å². The van der Waals surface area contributed by atoms with E-state index in [1.807, 2.05) is 6.08 Å². The molecule has 0 atom stereocenters. The monoisotopic (exact) mass is 374 g/mol. The number of ether oxygens (including phenoxy) is 1. The maximum atomic E-state index is 12.5. The van der Waals surface area contributed by atoms with Gasteiger partial charge in [0.15, 0.2) is 0 Å². The highest BCUT2D eigenvalue weighted by Gasteiger charge is 2.20. The van der Waals surface area contributed by atoms with Crippen LogP contribution in [-0.2, 0) is 14.8 Å². The summed E-state index contributed by atoms with van der Waals surface area (Å²) in [5, 5.41) is 3.18. The first-order valence-electron chi connectivity index (χ1n) is 7.60. The highest BCUT2D eigenvalue weighted by atomic mass is 35.5. The highest BCUT2D eigenvalue weighted by molar-refractivity contribution is 7.89. The van der Waals surface area contributed by atoms with E-state index in [2.05, 4.69) is 10.0 Å². The number of benzene rings is 1. The van der Waals surface area contributed by atoms with E-state index in [4.69, 9.17) is 4.74 Å². The van der Waals surface area contributed by atoms with E-state index in [1.54, 1.807) is 26.0 Å². The Labute approximate surface area is 149 Å². The van der Waals surface area contributed by atoms with Crippen LogP contribution in [0.25, 0.3) is 0 Å². The minimum absolute atomic E-state index is 0. The van der Waals surface area contributed by atoms with Crippen molar-refractivity contribution in [3.8, 4) is 0 Å². The zero-order valence-corrected chi connectivity index (χ0v) is 15.4. The number of rotatable bonds is 6. The Morgan fingerprint density at radius 3 is 2.75 bits per heavy atom. The van der Waals surface area contributed by atoms with Crippen LogP contribution < -0.4 is 10.0 Å². The molecule has 0 bridgehead atoms. The molecule has 8 heteroatoms. The predicted octanol–water partition coefficient (Wildman–Crippen LogP) is 1.79. The second-order valence-corrected chi connectivity index (χ2v) is 7.08. The van der Waals surface area contributed by atoms with Gasteiger partial charge in [0, 0.05) is 13.1 Å². The molecule has 0 spiro atoms. The van der Waals surface area contributed by atoms with Gasteiger partial charge in [-0.3, -0.25) is 0 Å². The average Bonchev–Trinajstić information content (AvgIpc) is 2.54. The Morgan fingerprint density at radius 2 is 2.12 bits per heavy atom. The van der Waals surface area contributed by atoms with E-state index < -0.39 is 16.0 Å². The SMILES string of the molecule is CCOC(=O)c1ccc(C)c(S(=O)(=O)NCC2=CCNCC2)c1.Cl. The maximum Gasteiger partial charge on any atom is 0.338 e. The van der Waals surface area contributed by atoms with E-state index in [9.17, 15) is 13.2 Å². The molecule has 2 N–H and O–H groups in total. The van der Waals surface area contributed by atoms with E-state index in [-0.39, 0.29) is 36.0 Å². The van der Waals surface area contributed by atoms with Gasteiger partial charge in [-0.1, -0.05) is 17.7 Å². The van der Waals surface area contributed by atoms with Gasteiger partial charge in [0.05, 0.1) is 17.1 Å². The molecule has 0 unspecified atom stereocenters. The number of carbonyl (C=O) groups excluding carboxylic acids is 1. The first kappa shape index (κ1) is 20.6. The lowest BCUT2D eigenvalue weighted by molar-refractivity contribution is 0.0526. The zero-order valence-electron chi connectivity index (χ0n) is 13.8. The zero-order chi connectivity index (χ0) is 16.9. The number of nitrogens with one attached hydrogen (secondary N) is 2. The van der Waals surface area contributed by atoms with E-state index in [0.717, 1.165) is 25.1 Å². The van der Waals surface area contributed by atoms with Crippen LogP contribution >= 0.6 is 12.4 Å². The van der Waals surface area contributed by atoms with Crippen molar-refractivity contribution in [1.29, 1.82) is 0 Å². The largest absolute Gasteiger partial charge is 0.462 e. The quantitative estimate of drug-likeness (QED) is 0.585. The van der Waals surface area contributed by atoms with Crippen molar-refractivity contribution in [3.05, 3.63) is 41.0 Å². The van der Waals surface area contributed by atoms with Crippen LogP contribution in [0.3, 0.4) is 0 Å². The van der Waals surface area contributed by atoms with Crippen molar-refractivity contribution in [2.75, 3.05) is 26.2 Å². The molecule has 0 saturated carbocycles. The van der Waals surface area contributed by atoms with Gasteiger partial charge in [-0.05, 0) is 44.5 Å². The topological polar surface area (TPSA) is 84.5 Å². The smallest absolute Gasteiger partial charge is 0.338 e. The summed E-state index contributed by atoms with van der Waals surface area (Å²) in [4.78, 5) is 11.9. The number of sulfonamides is 1. The molecule has 1 aromatic carbocycles. The van der Waals surface area contributed by atoms with Crippen LogP contribution in [0.1, 0.15) is 29.3 Å². The fraction of sp³-hybridized carbons (Fsp3) is 0.438. The predicted molar refractivity (Wildman–Crippen MR) is 95.1 cm³/mol. The number of aryl methyl sites for hydroxylation is 1. The Morgan fingerprint density at radius 1 is 1.38 bits per heavy atom. The van der Waals surface area contributed by atoms with Gasteiger partial charge < -0.3 is 10.1 Å². The van der Waals surface area contributed by atoms with Crippen LogP contribution in [0.4, 0.5) is 0 Å². The molecule has 2 rings (SSSR count). The molecule has 0 amide bonds. The molecule has 1 aromatic rings. The van der Waals surface area contributed by atoms with Gasteiger partial charge >= 0.3 is 5.97 Å². The molecule has 1 aliphatic rings. The van der Waals surface area contributed by atoms with Crippen molar-refractivity contribution in [1.82, 2.24) is 10.0 Å². The lowest BCUT2D eigenvalue weighted by Gasteiger charge is -2.15. The molecule has 0 aromatic heterocycles. The number of hydrogen-bond donors (Lipinski definition) is 2. The van der Waals surface area contributed by atoms with Gasteiger partial charge in [-0.15, -0.1) is 12.4 Å². The molecular weight excluding hydrogens is 352 g/mol. The lowest BCUT2D eigenvalue weighted by Crippen LogP contribution is -2.30. The van der Waals surface area contributed by atoms with Crippen LogP contribution in [0, 0.1) is 6.92 Å². The molecule has 1 heterocycles. The van der Waals surface area contributed by atoms with Crippen LogP contribution in [-0.4, -0.2) is 40.6 Å². The van der Waals surface area contributed by atoms with Crippen LogP contribution in [0.2, 0.25) is 0 Å². The summed E-state index contributed by atoms with van der Waals surface area (Å²) in [6, 6.07) is 4.55. The molecule has 0 aliphatic carbocycles. The molecule has 1 aliphatic heterocycles. The summed E-state index contributed by atoms with van der Waals surface area (Å²) in [7, 11) is -3.68. The number of halogens is 1. The molecule has 6 nitrogen and oxygen atoms in total. The first-order valence-corrected chi connectivity index (χ1v) is 9.08. The summed E-state index contributed by atoms with van der Waals surface area (Å²) in [5.74, 6) is -0.523. The number of hydrogen-bond acceptors (Lipinski definition) is 5. The third-order valence-corrected chi connectivity index (χ3v) is 5.18. The number of esters is 1. The third-order valence-electron chi connectivity index (χ3n) is 3.64. The standard InChI is InChI=1S/C16H22N2O4S.ClH/c1-3-22-16(19)14-5-4-12(2)15(10-14)23(20,21)18-11-13-6-8-17-9-7-13;/h4-6,10,17-18H,3,7-9,11H2,1-2H3;1H. The lowest BCUT2D eigenvalue weighted by atomic mass is 10.1. The maximum absolute atomic E-state index is 12.5. The Balaban J connectivity index is 0.00000288. The molecular formula is C16H23ClN2O4S. The molecule has 24 heavy (non-hydrogen) atoms. The summed E-state index contributed by atoms with van der Waals surface area (Å²) in [6.45, 7) is 5.55. The van der Waals surface area contributed by atoms with Gasteiger partial charge in [0.25, 0.3) is 0 Å². The normalized spacial score (nSPS) is 14.5. The van der Waals surface area contributed by atoms with Crippen molar-refractivity contribution in [2.45, 2.75) is 25.2 Å². The van der Waals surface area contributed by atoms with Gasteiger partial charge in [0.1, 0.15) is 0 Å². The molecule has 134 valence electrons. The summed E-state index contributed by atoms with van der Waals surface area (Å²) < 4.78 is 32.6. The van der Waals surface area contributed by atoms with E-state index >= 15 is 0 Å². The Bertz CT molecular complexity index is 717. The van der Waals surface area contributed by atoms with Gasteiger partial charge in [-0.25, -0.2) is 17.9 Å². The Kier molecular flexibility index (Phi) is 7.89. The van der Waals surface area contributed by atoms with Crippen LogP contribution in [0.5, 0.6) is 0 Å². The molecule has 0 radical (unpaired) electrons. The minimum atomic E-state index is -3.68. The van der Waals surface area contributed by atoms with Crippen molar-refractivity contribution < 1.29 is 17.9 Å². The second-order valence-electron chi connectivity index (χ2n) is 5.34. The summed E-state index contributed by atoms with van der Waals surface area (Å²) in [5.41, 5.74) is 1.88. The van der Waals surface area contributed by atoms with E-state index in [1.165, 1.54) is 6.07 Å². The average molecular weight is 375 g/mol. The van der Waals surface area contributed by atoms with Crippen molar-refractivity contribution in [2.24, 2.45) is 0 Å².